The van der Waals surface area contributed by atoms with E-state index in [1.54, 1.807) is 12.2 Å². The van der Waals surface area contributed by atoms with E-state index in [9.17, 15) is 24.3 Å². The van der Waals surface area contributed by atoms with Crippen LogP contribution in [-0.4, -0.2) is 53.0 Å². The lowest BCUT2D eigenvalue weighted by Crippen LogP contribution is -2.50. The highest BCUT2D eigenvalue weighted by Crippen LogP contribution is 2.24. The standard InChI is InChI=1S/C22H32N4O5/c1-13(27)24-18-9-5-16(6-10-18)12-20(22(30)31)26-21(29)19(25-14(2)28)11-15-3-7-17(23)8-4-15/h3,7,11-12,17-20H,4-6,8-10,23H2,1-2H3,(H,24,27)(H,25,28)(H,26,29)(H,30,31)/b15-11-,16-12?/t17-,18?,19?,20-/m0/s1. The molecule has 0 aromatic rings. The molecule has 0 spiro atoms. The molecule has 2 aliphatic carbocycles. The van der Waals surface area contributed by atoms with E-state index in [-0.39, 0.29) is 18.0 Å². The van der Waals surface area contributed by atoms with E-state index in [1.165, 1.54) is 13.8 Å². The minimum absolute atomic E-state index is 0.0334. The fraction of sp³-hybridized carbons (Fsp3) is 0.545. The lowest BCUT2D eigenvalue weighted by molar-refractivity contribution is -0.140. The van der Waals surface area contributed by atoms with Crippen molar-refractivity contribution in [3.8, 4) is 0 Å². The second kappa shape index (κ2) is 11.5. The topological polar surface area (TPSA) is 151 Å². The molecule has 0 aromatic heterocycles. The fourth-order valence-electron chi connectivity index (χ4n) is 3.76. The van der Waals surface area contributed by atoms with Gasteiger partial charge in [0.1, 0.15) is 12.1 Å². The van der Waals surface area contributed by atoms with Gasteiger partial charge in [-0.1, -0.05) is 23.8 Å². The minimum Gasteiger partial charge on any atom is -0.479 e. The number of aliphatic carboxylic acids is 1. The average Bonchev–Trinajstić information content (AvgIpc) is 2.69. The summed E-state index contributed by atoms with van der Waals surface area (Å²) in [7, 11) is 0. The van der Waals surface area contributed by atoms with Crippen LogP contribution in [0.3, 0.4) is 0 Å². The number of rotatable bonds is 7. The van der Waals surface area contributed by atoms with Crippen molar-refractivity contribution < 1.29 is 24.3 Å². The van der Waals surface area contributed by atoms with Crippen LogP contribution in [-0.2, 0) is 19.2 Å². The third kappa shape index (κ3) is 8.37. The van der Waals surface area contributed by atoms with Crippen LogP contribution in [0.5, 0.6) is 0 Å². The third-order valence-electron chi connectivity index (χ3n) is 5.35. The molecule has 0 bridgehead atoms. The van der Waals surface area contributed by atoms with Crippen LogP contribution >= 0.6 is 0 Å². The molecule has 0 aromatic carbocycles. The number of carbonyl (C=O) groups excluding carboxylic acids is 3. The first-order valence-corrected chi connectivity index (χ1v) is 10.6. The maximum absolute atomic E-state index is 12.8. The van der Waals surface area contributed by atoms with Crippen molar-refractivity contribution in [3.05, 3.63) is 35.5 Å². The number of carboxylic acid groups (broad SMARTS) is 1. The van der Waals surface area contributed by atoms with Gasteiger partial charge in [-0.2, -0.15) is 0 Å². The molecule has 0 heterocycles. The third-order valence-corrected chi connectivity index (χ3v) is 5.35. The molecule has 9 nitrogen and oxygen atoms in total. The number of allylic oxidation sites excluding steroid dienone is 3. The van der Waals surface area contributed by atoms with E-state index < -0.39 is 29.9 Å². The Kier molecular flexibility index (Phi) is 8.99. The van der Waals surface area contributed by atoms with Gasteiger partial charge in [-0.3, -0.25) is 14.4 Å². The van der Waals surface area contributed by atoms with Crippen molar-refractivity contribution in [2.24, 2.45) is 5.73 Å². The van der Waals surface area contributed by atoms with Crippen molar-refractivity contribution in [2.45, 2.75) is 76.5 Å². The van der Waals surface area contributed by atoms with E-state index in [1.807, 2.05) is 12.2 Å². The quantitative estimate of drug-likeness (QED) is 0.373. The Morgan fingerprint density at radius 1 is 1.00 bits per heavy atom. The van der Waals surface area contributed by atoms with Gasteiger partial charge in [-0.15, -0.1) is 0 Å². The fourth-order valence-corrected chi connectivity index (χ4v) is 3.76. The molecule has 6 N–H and O–H groups in total. The summed E-state index contributed by atoms with van der Waals surface area (Å²) in [6.45, 7) is 2.77. The summed E-state index contributed by atoms with van der Waals surface area (Å²) in [5, 5.41) is 17.5. The van der Waals surface area contributed by atoms with E-state index >= 15 is 0 Å². The van der Waals surface area contributed by atoms with Gasteiger partial charge in [0.2, 0.25) is 17.7 Å². The van der Waals surface area contributed by atoms with Gasteiger partial charge < -0.3 is 26.8 Å². The molecule has 1 saturated carbocycles. The van der Waals surface area contributed by atoms with Crippen LogP contribution in [0.25, 0.3) is 0 Å². The summed E-state index contributed by atoms with van der Waals surface area (Å²) in [5.41, 5.74) is 7.62. The summed E-state index contributed by atoms with van der Waals surface area (Å²) >= 11 is 0. The molecule has 9 heteroatoms. The normalized spacial score (nSPS) is 24.1. The molecule has 3 atom stereocenters. The van der Waals surface area contributed by atoms with Gasteiger partial charge in [0, 0.05) is 25.9 Å². The molecule has 1 unspecified atom stereocenters. The molecular formula is C22H32N4O5. The minimum atomic E-state index is -1.20. The van der Waals surface area contributed by atoms with E-state index in [4.69, 9.17) is 5.73 Å². The molecule has 2 aliphatic rings. The highest BCUT2D eigenvalue weighted by atomic mass is 16.4. The molecule has 3 amide bonds. The molecule has 0 saturated heterocycles. The van der Waals surface area contributed by atoms with E-state index in [0.29, 0.717) is 19.3 Å². The Bertz CT molecular complexity index is 792. The van der Waals surface area contributed by atoms with Gasteiger partial charge in [0.15, 0.2) is 0 Å². The lowest BCUT2D eigenvalue weighted by Gasteiger charge is -2.25. The second-order valence-electron chi connectivity index (χ2n) is 8.11. The summed E-state index contributed by atoms with van der Waals surface area (Å²) in [4.78, 5) is 47.3. The van der Waals surface area contributed by atoms with Crippen LogP contribution in [0.2, 0.25) is 0 Å². The highest BCUT2D eigenvalue weighted by molar-refractivity contribution is 5.92. The number of amides is 3. The first-order valence-electron chi connectivity index (χ1n) is 10.6. The van der Waals surface area contributed by atoms with Crippen molar-refractivity contribution in [1.29, 1.82) is 0 Å². The van der Waals surface area contributed by atoms with Gasteiger partial charge in [0.05, 0.1) is 0 Å². The molecule has 170 valence electrons. The number of hydrogen-bond donors (Lipinski definition) is 5. The Hall–Kier alpha value is -2.94. The number of nitrogens with two attached hydrogens (primary N) is 1. The van der Waals surface area contributed by atoms with E-state index in [0.717, 1.165) is 30.4 Å². The lowest BCUT2D eigenvalue weighted by atomic mass is 9.89. The maximum Gasteiger partial charge on any atom is 0.330 e. The summed E-state index contributed by atoms with van der Waals surface area (Å²) in [6, 6.07) is -2.14. The summed E-state index contributed by atoms with van der Waals surface area (Å²) in [6.07, 6.45) is 11.0. The zero-order chi connectivity index (χ0) is 23.0. The van der Waals surface area contributed by atoms with Crippen molar-refractivity contribution in [2.75, 3.05) is 0 Å². The first kappa shape index (κ1) is 24.3. The van der Waals surface area contributed by atoms with Gasteiger partial charge >= 0.3 is 5.97 Å². The molecule has 0 aliphatic heterocycles. The zero-order valence-corrected chi connectivity index (χ0v) is 18.0. The molecule has 2 rings (SSSR count). The first-order chi connectivity index (χ1) is 14.6. The number of hydrogen-bond acceptors (Lipinski definition) is 5. The van der Waals surface area contributed by atoms with Gasteiger partial charge in [-0.05, 0) is 50.2 Å². The predicted octanol–water partition coefficient (Wildman–Crippen LogP) is 0.669. The van der Waals surface area contributed by atoms with Crippen molar-refractivity contribution in [3.63, 3.8) is 0 Å². The van der Waals surface area contributed by atoms with Gasteiger partial charge in [0.25, 0.3) is 0 Å². The smallest absolute Gasteiger partial charge is 0.330 e. The van der Waals surface area contributed by atoms with Crippen molar-refractivity contribution >= 4 is 23.7 Å². The Labute approximate surface area is 182 Å². The van der Waals surface area contributed by atoms with Crippen LogP contribution in [0.4, 0.5) is 0 Å². The van der Waals surface area contributed by atoms with Crippen LogP contribution in [0.1, 0.15) is 52.4 Å². The van der Waals surface area contributed by atoms with Crippen LogP contribution in [0.15, 0.2) is 35.5 Å². The predicted molar refractivity (Wildman–Crippen MR) is 116 cm³/mol. The van der Waals surface area contributed by atoms with Crippen LogP contribution in [0, 0.1) is 0 Å². The Balaban J connectivity index is 2.07. The summed E-state index contributed by atoms with van der Waals surface area (Å²) in [5.74, 6) is -2.25. The molecule has 1 fully saturated rings. The highest BCUT2D eigenvalue weighted by Gasteiger charge is 2.26. The van der Waals surface area contributed by atoms with Crippen LogP contribution < -0.4 is 21.7 Å². The average molecular weight is 433 g/mol. The number of carboxylic acids is 1. The number of nitrogens with one attached hydrogen (secondary N) is 3. The largest absolute Gasteiger partial charge is 0.479 e. The van der Waals surface area contributed by atoms with Gasteiger partial charge in [-0.25, -0.2) is 4.79 Å². The Morgan fingerprint density at radius 3 is 2.19 bits per heavy atom. The second-order valence-corrected chi connectivity index (χ2v) is 8.11. The zero-order valence-electron chi connectivity index (χ0n) is 18.0. The van der Waals surface area contributed by atoms with Crippen molar-refractivity contribution in [1.82, 2.24) is 16.0 Å². The molecular weight excluding hydrogens is 400 g/mol. The monoisotopic (exact) mass is 432 g/mol. The molecule has 31 heavy (non-hydrogen) atoms. The maximum atomic E-state index is 12.8. The summed E-state index contributed by atoms with van der Waals surface area (Å²) < 4.78 is 0. The Morgan fingerprint density at radius 2 is 1.68 bits per heavy atom. The number of carbonyl (C=O) groups is 4. The van der Waals surface area contributed by atoms with E-state index in [2.05, 4.69) is 16.0 Å². The molecule has 0 radical (unpaired) electrons. The SMILES string of the molecule is CC(=O)NC1CCC(=C[C@H](NC(=O)C(/C=C2/C=C[C@H](N)CC2)NC(C)=O)C(=O)O)CC1.